The third-order valence-corrected chi connectivity index (χ3v) is 4.40. The highest BCUT2D eigenvalue weighted by Crippen LogP contribution is 2.40. The Morgan fingerprint density at radius 3 is 2.28 bits per heavy atom. The van der Waals surface area contributed by atoms with Gasteiger partial charge >= 0.3 is 5.97 Å². The zero-order valence-corrected chi connectivity index (χ0v) is 10.7. The van der Waals surface area contributed by atoms with E-state index in [0.717, 1.165) is 6.42 Å². The van der Waals surface area contributed by atoms with Gasteiger partial charge in [0.05, 0.1) is 11.8 Å². The second-order valence-electron chi connectivity index (χ2n) is 5.59. The number of hydrogen-bond donors (Lipinski definition) is 2. The topological polar surface area (TPSA) is 77.8 Å². The number of nitrogens with zero attached hydrogens (tertiary/aromatic N) is 1. The van der Waals surface area contributed by atoms with Crippen LogP contribution in [0, 0.1) is 23.7 Å². The summed E-state index contributed by atoms with van der Waals surface area (Å²) in [6.45, 7) is 3.31. The molecule has 1 saturated carbocycles. The maximum atomic E-state index is 12.2. The van der Waals surface area contributed by atoms with Crippen LogP contribution >= 0.6 is 0 Å². The first kappa shape index (κ1) is 13.3. The molecule has 102 valence electrons. The predicted octanol–water partition coefficient (Wildman–Crippen LogP) is 0.574. The summed E-state index contributed by atoms with van der Waals surface area (Å²) in [4.78, 5) is 25.2. The van der Waals surface area contributed by atoms with Crippen LogP contribution in [-0.2, 0) is 9.59 Å². The van der Waals surface area contributed by atoms with Crippen molar-refractivity contribution in [2.24, 2.45) is 23.7 Å². The van der Waals surface area contributed by atoms with E-state index in [9.17, 15) is 14.7 Å². The normalized spacial score (nSPS) is 32.3. The van der Waals surface area contributed by atoms with E-state index < -0.39 is 11.9 Å². The van der Waals surface area contributed by atoms with Crippen LogP contribution in [0.3, 0.4) is 0 Å². The molecule has 0 radical (unpaired) electrons. The van der Waals surface area contributed by atoms with Gasteiger partial charge in [0.2, 0.25) is 5.91 Å². The number of carboxylic acid groups (broad SMARTS) is 1. The van der Waals surface area contributed by atoms with Crippen LogP contribution in [-0.4, -0.2) is 46.7 Å². The first-order valence-electron chi connectivity index (χ1n) is 6.69. The van der Waals surface area contributed by atoms with E-state index in [-0.39, 0.29) is 24.3 Å². The summed E-state index contributed by atoms with van der Waals surface area (Å²) in [5, 5.41) is 18.1. The number of hydrogen-bond acceptors (Lipinski definition) is 3. The number of aliphatic hydroxyl groups is 1. The molecule has 5 nitrogen and oxygen atoms in total. The minimum atomic E-state index is -0.844. The molecular formula is C13H21NO4. The molecule has 0 bridgehead atoms. The maximum absolute atomic E-state index is 12.2. The average Bonchev–Trinajstić information content (AvgIpc) is 2.71. The number of rotatable bonds is 4. The first-order chi connectivity index (χ1) is 8.56. The van der Waals surface area contributed by atoms with Crippen LogP contribution in [0.15, 0.2) is 0 Å². The molecule has 1 saturated heterocycles. The molecule has 0 aromatic rings. The molecule has 1 heterocycles. The van der Waals surface area contributed by atoms with Gasteiger partial charge in [0.1, 0.15) is 0 Å². The highest BCUT2D eigenvalue weighted by molar-refractivity contribution is 5.85. The Hall–Kier alpha value is -1.10. The van der Waals surface area contributed by atoms with Gasteiger partial charge in [-0.25, -0.2) is 0 Å². The predicted molar refractivity (Wildman–Crippen MR) is 64.8 cm³/mol. The van der Waals surface area contributed by atoms with Crippen LogP contribution in [0.4, 0.5) is 0 Å². The monoisotopic (exact) mass is 255 g/mol. The Morgan fingerprint density at radius 1 is 1.17 bits per heavy atom. The van der Waals surface area contributed by atoms with Crippen LogP contribution in [0.1, 0.15) is 26.2 Å². The summed E-state index contributed by atoms with van der Waals surface area (Å²) in [6.07, 6.45) is 2.26. The van der Waals surface area contributed by atoms with Gasteiger partial charge in [-0.15, -0.1) is 0 Å². The molecule has 5 heteroatoms. The fourth-order valence-electron chi connectivity index (χ4n) is 3.12. The number of carbonyl (C=O) groups is 2. The van der Waals surface area contributed by atoms with Gasteiger partial charge in [0, 0.05) is 25.6 Å². The molecule has 18 heavy (non-hydrogen) atoms. The largest absolute Gasteiger partial charge is 0.481 e. The van der Waals surface area contributed by atoms with Gasteiger partial charge in [-0.1, -0.05) is 13.3 Å². The van der Waals surface area contributed by atoms with Crippen LogP contribution in [0.5, 0.6) is 0 Å². The second kappa shape index (κ2) is 5.26. The lowest BCUT2D eigenvalue weighted by molar-refractivity contribution is -0.152. The zero-order chi connectivity index (χ0) is 13.3. The lowest BCUT2D eigenvalue weighted by Gasteiger charge is -2.40. The van der Waals surface area contributed by atoms with Crippen LogP contribution in [0.2, 0.25) is 0 Å². The molecule has 1 aliphatic carbocycles. The molecule has 2 rings (SSSR count). The van der Waals surface area contributed by atoms with E-state index in [2.05, 4.69) is 0 Å². The number of aliphatic hydroxyl groups excluding tert-OH is 1. The van der Waals surface area contributed by atoms with Crippen molar-refractivity contribution in [2.45, 2.75) is 26.2 Å². The van der Waals surface area contributed by atoms with Gasteiger partial charge in [-0.05, 0) is 18.8 Å². The molecule has 1 amide bonds. The summed E-state index contributed by atoms with van der Waals surface area (Å²) in [5.74, 6) is -1.20. The Labute approximate surface area is 107 Å². The maximum Gasteiger partial charge on any atom is 0.307 e. The van der Waals surface area contributed by atoms with Gasteiger partial charge in [0.25, 0.3) is 0 Å². The van der Waals surface area contributed by atoms with Gasteiger partial charge < -0.3 is 15.1 Å². The smallest absolute Gasteiger partial charge is 0.307 e. The summed E-state index contributed by atoms with van der Waals surface area (Å²) >= 11 is 0. The standard InChI is InChI=1S/C13H21NO4/c1-2-8-3-10(11(4-8)13(17)18)12(16)14-5-9(6-14)7-15/h8-11,15H,2-7H2,1H3,(H,17,18). The Kier molecular flexibility index (Phi) is 3.90. The van der Waals surface area contributed by atoms with Crippen molar-refractivity contribution in [3.63, 3.8) is 0 Å². The molecule has 3 atom stereocenters. The minimum Gasteiger partial charge on any atom is -0.481 e. The number of likely N-dealkylation sites (tertiary alicyclic amines) is 1. The van der Waals surface area contributed by atoms with Crippen molar-refractivity contribution < 1.29 is 19.8 Å². The average molecular weight is 255 g/mol. The zero-order valence-electron chi connectivity index (χ0n) is 10.7. The third kappa shape index (κ3) is 2.36. The highest BCUT2D eigenvalue weighted by atomic mass is 16.4. The molecule has 3 unspecified atom stereocenters. The van der Waals surface area contributed by atoms with Crippen molar-refractivity contribution in [3.8, 4) is 0 Å². The number of aliphatic carboxylic acids is 1. The third-order valence-electron chi connectivity index (χ3n) is 4.40. The summed E-state index contributed by atoms with van der Waals surface area (Å²) < 4.78 is 0. The summed E-state index contributed by atoms with van der Waals surface area (Å²) in [5.41, 5.74) is 0. The van der Waals surface area contributed by atoms with E-state index in [1.165, 1.54) is 0 Å². The molecule has 1 aliphatic heterocycles. The fraction of sp³-hybridized carbons (Fsp3) is 0.846. The molecule has 0 aromatic carbocycles. The van der Waals surface area contributed by atoms with Gasteiger partial charge in [0.15, 0.2) is 0 Å². The number of carbonyl (C=O) groups excluding carboxylic acids is 1. The van der Waals surface area contributed by atoms with Crippen LogP contribution < -0.4 is 0 Å². The molecular weight excluding hydrogens is 234 g/mol. The Bertz CT molecular complexity index is 338. The van der Waals surface area contributed by atoms with Gasteiger partial charge in [-0.2, -0.15) is 0 Å². The lowest BCUT2D eigenvalue weighted by atomic mass is 9.91. The van der Waals surface area contributed by atoms with Crippen molar-refractivity contribution >= 4 is 11.9 Å². The van der Waals surface area contributed by atoms with Crippen molar-refractivity contribution in [2.75, 3.05) is 19.7 Å². The lowest BCUT2D eigenvalue weighted by Crippen LogP contribution is -2.54. The van der Waals surface area contributed by atoms with E-state index in [4.69, 9.17) is 5.11 Å². The molecule has 2 aliphatic rings. The highest BCUT2D eigenvalue weighted by Gasteiger charge is 2.45. The number of carboxylic acids is 1. The van der Waals surface area contributed by atoms with Crippen molar-refractivity contribution in [1.82, 2.24) is 4.90 Å². The minimum absolute atomic E-state index is 0.0250. The Balaban J connectivity index is 1.98. The van der Waals surface area contributed by atoms with E-state index in [0.29, 0.717) is 31.8 Å². The van der Waals surface area contributed by atoms with Crippen molar-refractivity contribution in [1.29, 1.82) is 0 Å². The molecule has 2 N–H and O–H groups in total. The van der Waals surface area contributed by atoms with Gasteiger partial charge in [-0.3, -0.25) is 9.59 Å². The van der Waals surface area contributed by atoms with E-state index in [1.54, 1.807) is 4.90 Å². The molecule has 0 aromatic heterocycles. The fourth-order valence-corrected chi connectivity index (χ4v) is 3.12. The number of amides is 1. The van der Waals surface area contributed by atoms with E-state index in [1.807, 2.05) is 6.92 Å². The van der Waals surface area contributed by atoms with E-state index >= 15 is 0 Å². The Morgan fingerprint density at radius 2 is 1.78 bits per heavy atom. The van der Waals surface area contributed by atoms with Crippen LogP contribution in [0.25, 0.3) is 0 Å². The second-order valence-corrected chi connectivity index (χ2v) is 5.59. The van der Waals surface area contributed by atoms with Crippen molar-refractivity contribution in [3.05, 3.63) is 0 Å². The molecule has 0 spiro atoms. The summed E-state index contributed by atoms with van der Waals surface area (Å²) in [7, 11) is 0. The quantitative estimate of drug-likeness (QED) is 0.770. The molecule has 2 fully saturated rings. The first-order valence-corrected chi connectivity index (χ1v) is 6.69. The summed E-state index contributed by atoms with van der Waals surface area (Å²) in [6, 6.07) is 0. The SMILES string of the molecule is CCC1CC(C(=O)O)C(C(=O)N2CC(CO)C2)C1.